The molecule has 2 aromatic rings. The summed E-state index contributed by atoms with van der Waals surface area (Å²) in [6.45, 7) is 0. The van der Waals surface area contributed by atoms with E-state index in [0.717, 1.165) is 43.5 Å². The van der Waals surface area contributed by atoms with Crippen LogP contribution in [0.4, 0.5) is 10.5 Å². The van der Waals surface area contributed by atoms with Crippen LogP contribution in [-0.4, -0.2) is 47.4 Å². The number of amides is 4. The lowest BCUT2D eigenvalue weighted by Crippen LogP contribution is -2.58. The summed E-state index contributed by atoms with van der Waals surface area (Å²) in [6.07, 6.45) is 8.11. The minimum Gasteiger partial charge on any atom is -0.378 e. The molecule has 1 aliphatic carbocycles. The van der Waals surface area contributed by atoms with Gasteiger partial charge in [-0.05, 0) is 55.3 Å². The highest BCUT2D eigenvalue weighted by molar-refractivity contribution is 6.31. The average Bonchev–Trinajstić information content (AvgIpc) is 3.20. The van der Waals surface area contributed by atoms with Gasteiger partial charge in [-0.1, -0.05) is 19.3 Å². The second-order valence-electron chi connectivity index (χ2n) is 8.00. The lowest BCUT2D eigenvalue weighted by Gasteiger charge is -2.35. The van der Waals surface area contributed by atoms with Crippen LogP contribution >= 0.6 is 0 Å². The third-order valence-corrected chi connectivity index (χ3v) is 5.79. The van der Waals surface area contributed by atoms with Gasteiger partial charge in [-0.2, -0.15) is 0 Å². The number of nitrogens with zero attached hydrogens (tertiary/aromatic N) is 3. The summed E-state index contributed by atoms with van der Waals surface area (Å²) < 4.78 is 1.91. The molecule has 7 heteroatoms. The fourth-order valence-corrected chi connectivity index (χ4v) is 4.15. The number of anilines is 1. The van der Waals surface area contributed by atoms with Gasteiger partial charge in [0.15, 0.2) is 0 Å². The molecule has 1 N–H and O–H groups in total. The Kier molecular flexibility index (Phi) is 5.44. The first-order valence-corrected chi connectivity index (χ1v) is 10.3. The van der Waals surface area contributed by atoms with Crippen molar-refractivity contribution < 1.29 is 14.4 Å². The molecule has 4 amide bonds. The maximum absolute atomic E-state index is 13.1. The second-order valence-corrected chi connectivity index (χ2v) is 8.00. The second kappa shape index (κ2) is 8.18. The number of imide groups is 2. The number of hydrogen-bond acceptors (Lipinski definition) is 4. The molecule has 0 atom stereocenters. The Balaban J connectivity index is 1.65. The number of barbiturate groups is 1. The fraction of sp³-hybridized carbons (Fsp3) is 0.348. The van der Waals surface area contributed by atoms with Gasteiger partial charge in [-0.3, -0.25) is 19.8 Å². The van der Waals surface area contributed by atoms with E-state index in [1.165, 1.54) is 4.90 Å². The number of rotatable bonds is 4. The first-order valence-electron chi connectivity index (χ1n) is 10.3. The SMILES string of the molecule is CN(C)c1ccc(-n2cccc2C=C2C(=O)NC(=O)N(C3CCCCC3)C2=O)cc1. The van der Waals surface area contributed by atoms with Crippen LogP contribution in [0.3, 0.4) is 0 Å². The van der Waals surface area contributed by atoms with Crippen molar-refractivity contribution in [2.24, 2.45) is 0 Å². The third-order valence-electron chi connectivity index (χ3n) is 5.79. The number of urea groups is 1. The third kappa shape index (κ3) is 3.75. The highest BCUT2D eigenvalue weighted by Gasteiger charge is 2.40. The standard InChI is InChI=1S/C23H26N4O3/c1-25(2)16-10-12-17(13-11-16)26-14-6-9-19(26)15-20-21(28)24-23(30)27(22(20)29)18-7-4-3-5-8-18/h6,9-15,18H,3-5,7-8H2,1-2H3,(H,24,28,30). The predicted molar refractivity (Wildman–Crippen MR) is 115 cm³/mol. The molecule has 2 heterocycles. The number of aromatic nitrogens is 1. The van der Waals surface area contributed by atoms with Crippen LogP contribution in [0.25, 0.3) is 11.8 Å². The smallest absolute Gasteiger partial charge is 0.331 e. The van der Waals surface area contributed by atoms with Crippen LogP contribution in [-0.2, 0) is 9.59 Å². The molecule has 1 aromatic heterocycles. The molecule has 7 nitrogen and oxygen atoms in total. The summed E-state index contributed by atoms with van der Waals surface area (Å²) in [4.78, 5) is 41.2. The zero-order chi connectivity index (χ0) is 21.3. The molecule has 30 heavy (non-hydrogen) atoms. The van der Waals surface area contributed by atoms with Crippen LogP contribution in [0.1, 0.15) is 37.8 Å². The van der Waals surface area contributed by atoms with Crippen LogP contribution in [0, 0.1) is 0 Å². The van der Waals surface area contributed by atoms with E-state index in [-0.39, 0.29) is 11.6 Å². The molecular formula is C23H26N4O3. The first kappa shape index (κ1) is 19.9. The molecule has 1 saturated heterocycles. The van der Waals surface area contributed by atoms with Crippen molar-refractivity contribution >= 4 is 29.6 Å². The van der Waals surface area contributed by atoms with Gasteiger partial charge < -0.3 is 9.47 Å². The maximum atomic E-state index is 13.1. The largest absolute Gasteiger partial charge is 0.378 e. The Morgan fingerprint density at radius 3 is 2.37 bits per heavy atom. The zero-order valence-electron chi connectivity index (χ0n) is 17.3. The van der Waals surface area contributed by atoms with Crippen LogP contribution in [0.2, 0.25) is 0 Å². The topological polar surface area (TPSA) is 74.7 Å². The van der Waals surface area contributed by atoms with E-state index in [0.29, 0.717) is 5.69 Å². The number of hydrogen-bond donors (Lipinski definition) is 1. The Bertz CT molecular complexity index is 998. The van der Waals surface area contributed by atoms with Crippen molar-refractivity contribution in [1.82, 2.24) is 14.8 Å². The van der Waals surface area contributed by atoms with E-state index >= 15 is 0 Å². The molecule has 2 fully saturated rings. The van der Waals surface area contributed by atoms with E-state index in [4.69, 9.17) is 0 Å². The maximum Gasteiger partial charge on any atom is 0.331 e. The van der Waals surface area contributed by atoms with Gasteiger partial charge in [0.2, 0.25) is 0 Å². The summed E-state index contributed by atoms with van der Waals surface area (Å²) in [7, 11) is 3.96. The molecule has 1 aliphatic heterocycles. The van der Waals surface area contributed by atoms with Gasteiger partial charge in [-0.25, -0.2) is 4.79 Å². The number of carbonyl (C=O) groups is 3. The van der Waals surface area contributed by atoms with Crippen molar-refractivity contribution in [3.63, 3.8) is 0 Å². The molecule has 1 saturated carbocycles. The van der Waals surface area contributed by atoms with Gasteiger partial charge in [0.1, 0.15) is 5.57 Å². The van der Waals surface area contributed by atoms with Crippen molar-refractivity contribution in [3.05, 3.63) is 53.9 Å². The molecule has 2 aliphatic rings. The van der Waals surface area contributed by atoms with Crippen molar-refractivity contribution in [2.45, 2.75) is 38.1 Å². The quantitative estimate of drug-likeness (QED) is 0.624. The predicted octanol–water partition coefficient (Wildman–Crippen LogP) is 3.34. The van der Waals surface area contributed by atoms with E-state index in [1.54, 1.807) is 6.08 Å². The average molecular weight is 406 g/mol. The van der Waals surface area contributed by atoms with Crippen molar-refractivity contribution in [2.75, 3.05) is 19.0 Å². The van der Waals surface area contributed by atoms with Crippen LogP contribution in [0.5, 0.6) is 0 Å². The molecular weight excluding hydrogens is 380 g/mol. The zero-order valence-corrected chi connectivity index (χ0v) is 17.3. The van der Waals surface area contributed by atoms with Crippen molar-refractivity contribution in [3.8, 4) is 5.69 Å². The Morgan fingerprint density at radius 1 is 1.00 bits per heavy atom. The summed E-state index contributed by atoms with van der Waals surface area (Å²) in [5.74, 6) is -1.15. The molecule has 1 aromatic carbocycles. The summed E-state index contributed by atoms with van der Waals surface area (Å²) >= 11 is 0. The lowest BCUT2D eigenvalue weighted by atomic mass is 9.93. The van der Waals surface area contributed by atoms with Crippen LogP contribution in [0.15, 0.2) is 48.2 Å². The van der Waals surface area contributed by atoms with Crippen LogP contribution < -0.4 is 10.2 Å². The highest BCUT2D eigenvalue weighted by atomic mass is 16.2. The molecule has 4 rings (SSSR count). The monoisotopic (exact) mass is 406 g/mol. The summed E-state index contributed by atoms with van der Waals surface area (Å²) in [5, 5.41) is 2.34. The Hall–Kier alpha value is -3.35. The summed E-state index contributed by atoms with van der Waals surface area (Å²) in [5.41, 5.74) is 2.68. The molecule has 156 valence electrons. The normalized spacial score (nSPS) is 19.3. The van der Waals surface area contributed by atoms with Gasteiger partial charge in [-0.15, -0.1) is 0 Å². The van der Waals surface area contributed by atoms with Gasteiger partial charge in [0.25, 0.3) is 11.8 Å². The Labute approximate surface area is 176 Å². The molecule has 0 radical (unpaired) electrons. The number of nitrogens with one attached hydrogen (secondary N) is 1. The number of carbonyl (C=O) groups excluding carboxylic acids is 3. The molecule has 0 unspecified atom stereocenters. The molecule has 0 spiro atoms. The van der Waals surface area contributed by atoms with E-state index in [1.807, 2.05) is 66.2 Å². The minimum atomic E-state index is -0.646. The Morgan fingerprint density at radius 2 is 1.70 bits per heavy atom. The fourth-order valence-electron chi connectivity index (χ4n) is 4.15. The number of benzene rings is 1. The van der Waals surface area contributed by atoms with Crippen molar-refractivity contribution in [1.29, 1.82) is 0 Å². The van der Waals surface area contributed by atoms with Gasteiger partial charge in [0.05, 0.1) is 0 Å². The van der Waals surface area contributed by atoms with E-state index in [2.05, 4.69) is 5.32 Å². The van der Waals surface area contributed by atoms with Gasteiger partial charge in [0, 0.05) is 43.4 Å². The van der Waals surface area contributed by atoms with E-state index in [9.17, 15) is 14.4 Å². The lowest BCUT2D eigenvalue weighted by molar-refractivity contribution is -0.132. The summed E-state index contributed by atoms with van der Waals surface area (Å²) in [6, 6.07) is 10.9. The first-order chi connectivity index (χ1) is 14.5. The van der Waals surface area contributed by atoms with Gasteiger partial charge >= 0.3 is 6.03 Å². The molecule has 0 bridgehead atoms. The van der Waals surface area contributed by atoms with E-state index < -0.39 is 17.8 Å². The highest BCUT2D eigenvalue weighted by Crippen LogP contribution is 2.27. The minimum absolute atomic E-state index is 0.00923.